The number of aryl methyl sites for hydroxylation is 1. The molecular weight excluding hydrogens is 246 g/mol. The van der Waals surface area contributed by atoms with Gasteiger partial charge in [-0.15, -0.1) is 0 Å². The number of amides is 1. The minimum Gasteiger partial charge on any atom is -0.351 e. The van der Waals surface area contributed by atoms with Crippen molar-refractivity contribution in [3.8, 4) is 0 Å². The molecule has 100 valence electrons. The number of nitrogens with zero attached hydrogens (tertiary/aromatic N) is 3. The molecule has 0 radical (unpaired) electrons. The van der Waals surface area contributed by atoms with Crippen molar-refractivity contribution in [2.24, 2.45) is 5.84 Å². The first-order valence-corrected chi connectivity index (χ1v) is 5.85. The first kappa shape index (κ1) is 13.0. The highest BCUT2D eigenvalue weighted by atomic mass is 16.1. The van der Waals surface area contributed by atoms with Gasteiger partial charge in [-0.05, 0) is 18.6 Å². The maximum atomic E-state index is 11.8. The third-order valence-electron chi connectivity index (χ3n) is 2.47. The van der Waals surface area contributed by atoms with Crippen LogP contribution >= 0.6 is 0 Å². The Kier molecular flexibility index (Phi) is 4.40. The number of carbonyl (C=O) groups excluding carboxylic acids is 1. The standard InChI is InChI=1S/C11H15N7O/c12-17-10-4-1-3-8(16-10)11(19)13-6-2-5-9-14-7-15-18-9/h1,3-4,7H,2,5-6,12H2,(H,13,19)(H,16,17)(H,14,15,18). The topological polar surface area (TPSA) is 122 Å². The van der Waals surface area contributed by atoms with E-state index in [4.69, 9.17) is 5.84 Å². The van der Waals surface area contributed by atoms with Crippen LogP contribution in [0.2, 0.25) is 0 Å². The second-order valence-electron chi connectivity index (χ2n) is 3.84. The van der Waals surface area contributed by atoms with Gasteiger partial charge in [0.05, 0.1) is 0 Å². The van der Waals surface area contributed by atoms with Gasteiger partial charge in [-0.25, -0.2) is 15.8 Å². The van der Waals surface area contributed by atoms with Crippen LogP contribution in [0.3, 0.4) is 0 Å². The number of nitrogen functional groups attached to an aromatic ring is 1. The van der Waals surface area contributed by atoms with Gasteiger partial charge in [-0.2, -0.15) is 5.10 Å². The Balaban J connectivity index is 1.77. The van der Waals surface area contributed by atoms with E-state index in [0.29, 0.717) is 18.1 Å². The van der Waals surface area contributed by atoms with Gasteiger partial charge >= 0.3 is 0 Å². The summed E-state index contributed by atoms with van der Waals surface area (Å²) in [6.07, 6.45) is 2.97. The molecular formula is C11H15N7O. The number of carbonyl (C=O) groups is 1. The van der Waals surface area contributed by atoms with E-state index >= 15 is 0 Å². The lowest BCUT2D eigenvalue weighted by atomic mass is 10.3. The Morgan fingerprint density at radius 2 is 2.32 bits per heavy atom. The average Bonchev–Trinajstić information content (AvgIpc) is 2.96. The van der Waals surface area contributed by atoms with E-state index in [9.17, 15) is 4.79 Å². The van der Waals surface area contributed by atoms with Crippen molar-refractivity contribution in [1.82, 2.24) is 25.5 Å². The molecule has 2 aromatic rings. The lowest BCUT2D eigenvalue weighted by Crippen LogP contribution is -2.26. The summed E-state index contributed by atoms with van der Waals surface area (Å²) in [5, 5.41) is 9.29. The molecule has 2 rings (SSSR count). The van der Waals surface area contributed by atoms with Crippen LogP contribution in [0.1, 0.15) is 22.7 Å². The lowest BCUT2D eigenvalue weighted by Gasteiger charge is -2.05. The first-order valence-electron chi connectivity index (χ1n) is 5.85. The van der Waals surface area contributed by atoms with Gasteiger partial charge in [0.25, 0.3) is 5.91 Å². The van der Waals surface area contributed by atoms with Crippen molar-refractivity contribution < 1.29 is 4.79 Å². The predicted molar refractivity (Wildman–Crippen MR) is 69.1 cm³/mol. The van der Waals surface area contributed by atoms with Crippen LogP contribution in [-0.4, -0.2) is 32.6 Å². The quantitative estimate of drug-likeness (QED) is 0.326. The minimum absolute atomic E-state index is 0.227. The predicted octanol–water partition coefficient (Wildman–Crippen LogP) is -0.152. The number of nitrogens with two attached hydrogens (primary N) is 1. The number of rotatable bonds is 6. The molecule has 0 aromatic carbocycles. The van der Waals surface area contributed by atoms with E-state index < -0.39 is 0 Å². The SMILES string of the molecule is NNc1cccc(C(=O)NCCCc2ncn[nH]2)n1. The van der Waals surface area contributed by atoms with E-state index in [1.807, 2.05) is 0 Å². The molecule has 0 unspecified atom stereocenters. The molecule has 8 nitrogen and oxygen atoms in total. The molecule has 8 heteroatoms. The van der Waals surface area contributed by atoms with E-state index in [1.165, 1.54) is 6.33 Å². The molecule has 1 amide bonds. The Morgan fingerprint density at radius 3 is 3.05 bits per heavy atom. The zero-order valence-corrected chi connectivity index (χ0v) is 10.3. The van der Waals surface area contributed by atoms with Crippen LogP contribution in [0.15, 0.2) is 24.5 Å². The molecule has 0 aliphatic heterocycles. The summed E-state index contributed by atoms with van der Waals surface area (Å²) in [6, 6.07) is 5.03. The summed E-state index contributed by atoms with van der Waals surface area (Å²) in [4.78, 5) is 19.8. The largest absolute Gasteiger partial charge is 0.351 e. The van der Waals surface area contributed by atoms with Gasteiger partial charge in [0, 0.05) is 13.0 Å². The van der Waals surface area contributed by atoms with Gasteiger partial charge in [0.15, 0.2) is 0 Å². The monoisotopic (exact) mass is 261 g/mol. The maximum Gasteiger partial charge on any atom is 0.269 e. The molecule has 0 saturated heterocycles. The normalized spacial score (nSPS) is 10.2. The summed E-state index contributed by atoms with van der Waals surface area (Å²) in [6.45, 7) is 0.543. The molecule has 0 aliphatic rings. The number of hydrogen-bond acceptors (Lipinski definition) is 6. The van der Waals surface area contributed by atoms with Crippen LogP contribution in [-0.2, 0) is 6.42 Å². The first-order chi connectivity index (χ1) is 9.29. The number of anilines is 1. The van der Waals surface area contributed by atoms with Crippen LogP contribution in [0.4, 0.5) is 5.82 Å². The second-order valence-corrected chi connectivity index (χ2v) is 3.84. The smallest absolute Gasteiger partial charge is 0.269 e. The molecule has 5 N–H and O–H groups in total. The number of pyridine rings is 1. The summed E-state index contributed by atoms with van der Waals surface area (Å²) < 4.78 is 0. The van der Waals surface area contributed by atoms with Crippen LogP contribution in [0.5, 0.6) is 0 Å². The van der Waals surface area contributed by atoms with Crippen molar-refractivity contribution in [2.45, 2.75) is 12.8 Å². The van der Waals surface area contributed by atoms with Gasteiger partial charge < -0.3 is 10.7 Å². The van der Waals surface area contributed by atoms with Crippen molar-refractivity contribution in [1.29, 1.82) is 0 Å². The molecule has 2 aromatic heterocycles. The summed E-state index contributed by atoms with van der Waals surface area (Å²) >= 11 is 0. The van der Waals surface area contributed by atoms with E-state index in [2.05, 4.69) is 30.9 Å². The summed E-state index contributed by atoms with van der Waals surface area (Å²) in [5.41, 5.74) is 2.73. The number of aromatic nitrogens is 4. The van der Waals surface area contributed by atoms with Crippen molar-refractivity contribution in [2.75, 3.05) is 12.0 Å². The summed E-state index contributed by atoms with van der Waals surface area (Å²) in [5.74, 6) is 6.27. The Labute approximate surface area is 109 Å². The zero-order valence-electron chi connectivity index (χ0n) is 10.3. The highest BCUT2D eigenvalue weighted by Crippen LogP contribution is 2.02. The van der Waals surface area contributed by atoms with Crippen LogP contribution < -0.4 is 16.6 Å². The number of hydrazine groups is 1. The fourth-order valence-corrected chi connectivity index (χ4v) is 1.54. The van der Waals surface area contributed by atoms with E-state index in [0.717, 1.165) is 18.7 Å². The second kappa shape index (κ2) is 6.45. The molecule has 0 fully saturated rings. The van der Waals surface area contributed by atoms with Crippen molar-refractivity contribution in [3.05, 3.63) is 36.0 Å². The van der Waals surface area contributed by atoms with E-state index in [1.54, 1.807) is 18.2 Å². The molecule has 0 aliphatic carbocycles. The number of hydrogen-bond donors (Lipinski definition) is 4. The number of aromatic amines is 1. The van der Waals surface area contributed by atoms with Gasteiger partial charge in [-0.3, -0.25) is 9.89 Å². The summed E-state index contributed by atoms with van der Waals surface area (Å²) in [7, 11) is 0. The Morgan fingerprint density at radius 1 is 1.42 bits per heavy atom. The van der Waals surface area contributed by atoms with Crippen molar-refractivity contribution in [3.63, 3.8) is 0 Å². The molecule has 0 atom stereocenters. The fourth-order valence-electron chi connectivity index (χ4n) is 1.54. The Hall–Kier alpha value is -2.48. The fraction of sp³-hybridized carbons (Fsp3) is 0.273. The molecule has 0 spiro atoms. The maximum absolute atomic E-state index is 11.8. The Bertz CT molecular complexity index is 526. The van der Waals surface area contributed by atoms with Gasteiger partial charge in [0.1, 0.15) is 23.7 Å². The number of nitrogens with one attached hydrogen (secondary N) is 3. The van der Waals surface area contributed by atoms with Crippen molar-refractivity contribution >= 4 is 11.7 Å². The third-order valence-corrected chi connectivity index (χ3v) is 2.47. The average molecular weight is 261 g/mol. The molecule has 19 heavy (non-hydrogen) atoms. The van der Waals surface area contributed by atoms with E-state index in [-0.39, 0.29) is 5.91 Å². The zero-order chi connectivity index (χ0) is 13.5. The molecule has 0 bridgehead atoms. The van der Waals surface area contributed by atoms with Crippen LogP contribution in [0, 0.1) is 0 Å². The van der Waals surface area contributed by atoms with Gasteiger partial charge in [0.2, 0.25) is 0 Å². The highest BCUT2D eigenvalue weighted by molar-refractivity contribution is 5.92. The van der Waals surface area contributed by atoms with Crippen LogP contribution in [0.25, 0.3) is 0 Å². The minimum atomic E-state index is -0.227. The third kappa shape index (κ3) is 3.75. The van der Waals surface area contributed by atoms with Gasteiger partial charge in [-0.1, -0.05) is 6.07 Å². The lowest BCUT2D eigenvalue weighted by molar-refractivity contribution is 0.0948. The molecule has 2 heterocycles. The number of H-pyrrole nitrogens is 1. The highest BCUT2D eigenvalue weighted by Gasteiger charge is 2.07. The molecule has 0 saturated carbocycles.